The highest BCUT2D eigenvalue weighted by Crippen LogP contribution is 2.00. The molecule has 2 rings (SSSR count). The number of hydrogen-bond donors (Lipinski definition) is 1. The third kappa shape index (κ3) is 3.38. The molecule has 0 fully saturated rings. The van der Waals surface area contributed by atoms with Gasteiger partial charge in [0.15, 0.2) is 0 Å². The van der Waals surface area contributed by atoms with Gasteiger partial charge in [-0.05, 0) is 11.6 Å². The van der Waals surface area contributed by atoms with Gasteiger partial charge in [0.05, 0.1) is 6.54 Å². The largest absolute Gasteiger partial charge is 0.364 e. The monoisotopic (exact) mass is 255 g/mol. The summed E-state index contributed by atoms with van der Waals surface area (Å²) >= 11 is 0. The third-order valence-electron chi connectivity index (χ3n) is 2.51. The zero-order valence-electron chi connectivity index (χ0n) is 10.2. The molecular weight excluding hydrogens is 242 g/mol. The minimum atomic E-state index is -0.652. The molecule has 2 aromatic rings. The zero-order valence-corrected chi connectivity index (χ0v) is 10.2. The summed E-state index contributed by atoms with van der Waals surface area (Å²) in [4.78, 5) is 22.5. The van der Waals surface area contributed by atoms with Gasteiger partial charge in [0.25, 0.3) is 11.5 Å². The Bertz CT molecular complexity index is 660. The summed E-state index contributed by atoms with van der Waals surface area (Å²) in [6, 6.07) is 12.3. The zero-order chi connectivity index (χ0) is 13.7. The van der Waals surface area contributed by atoms with Crippen LogP contribution in [0.25, 0.3) is 6.08 Å². The SMILES string of the molecule is NC(=O)c1ccc(=O)n(C/C=C/c2ccccc2)n1. The fraction of sp³-hybridized carbons (Fsp3) is 0.0714. The Labute approximate surface area is 110 Å². The highest BCUT2D eigenvalue weighted by atomic mass is 16.1. The molecule has 0 saturated carbocycles. The predicted octanol–water partition coefficient (Wildman–Crippen LogP) is 1.06. The number of rotatable bonds is 4. The summed E-state index contributed by atoms with van der Waals surface area (Å²) in [7, 11) is 0. The molecule has 96 valence electrons. The van der Waals surface area contributed by atoms with Crippen LogP contribution in [0.3, 0.4) is 0 Å². The van der Waals surface area contributed by atoms with Crippen LogP contribution in [0.4, 0.5) is 0 Å². The van der Waals surface area contributed by atoms with Crippen LogP contribution in [0.1, 0.15) is 16.1 Å². The van der Waals surface area contributed by atoms with Gasteiger partial charge in [0.2, 0.25) is 0 Å². The first-order chi connectivity index (χ1) is 9.16. The van der Waals surface area contributed by atoms with Crippen molar-refractivity contribution in [1.29, 1.82) is 0 Å². The van der Waals surface area contributed by atoms with Gasteiger partial charge in [-0.1, -0.05) is 42.5 Å². The van der Waals surface area contributed by atoms with Crippen molar-refractivity contribution < 1.29 is 4.79 Å². The Morgan fingerprint density at radius 3 is 2.63 bits per heavy atom. The molecule has 1 amide bonds. The molecule has 1 heterocycles. The van der Waals surface area contributed by atoms with E-state index in [9.17, 15) is 9.59 Å². The quantitative estimate of drug-likeness (QED) is 0.887. The van der Waals surface area contributed by atoms with E-state index in [0.29, 0.717) is 0 Å². The molecule has 2 N–H and O–H groups in total. The Balaban J connectivity index is 2.15. The summed E-state index contributed by atoms with van der Waals surface area (Å²) in [5, 5.41) is 3.88. The van der Waals surface area contributed by atoms with Crippen LogP contribution in [0, 0.1) is 0 Å². The Hall–Kier alpha value is -2.69. The first-order valence-electron chi connectivity index (χ1n) is 5.76. The van der Waals surface area contributed by atoms with Crippen molar-refractivity contribution in [3.63, 3.8) is 0 Å². The molecule has 0 atom stereocenters. The number of hydrogen-bond acceptors (Lipinski definition) is 3. The van der Waals surface area contributed by atoms with E-state index in [2.05, 4.69) is 5.10 Å². The topological polar surface area (TPSA) is 78.0 Å². The Morgan fingerprint density at radius 2 is 1.95 bits per heavy atom. The number of amides is 1. The lowest BCUT2D eigenvalue weighted by Gasteiger charge is -2.01. The van der Waals surface area contributed by atoms with Crippen molar-refractivity contribution in [2.45, 2.75) is 6.54 Å². The van der Waals surface area contributed by atoms with Crippen molar-refractivity contribution in [3.05, 3.63) is 70.2 Å². The van der Waals surface area contributed by atoms with Gasteiger partial charge >= 0.3 is 0 Å². The number of nitrogens with zero attached hydrogens (tertiary/aromatic N) is 2. The van der Waals surface area contributed by atoms with Crippen LogP contribution in [0.5, 0.6) is 0 Å². The molecular formula is C14H13N3O2. The van der Waals surface area contributed by atoms with Crippen molar-refractivity contribution in [2.24, 2.45) is 5.73 Å². The van der Waals surface area contributed by atoms with E-state index in [0.717, 1.165) is 5.56 Å². The molecule has 0 spiro atoms. The second-order valence-corrected chi connectivity index (χ2v) is 3.92. The molecule has 0 saturated heterocycles. The van der Waals surface area contributed by atoms with Crippen LogP contribution in [-0.4, -0.2) is 15.7 Å². The second kappa shape index (κ2) is 5.77. The van der Waals surface area contributed by atoms with Crippen LogP contribution in [0.2, 0.25) is 0 Å². The maximum absolute atomic E-state index is 11.6. The number of benzene rings is 1. The molecule has 5 heteroatoms. The van der Waals surface area contributed by atoms with Crippen molar-refractivity contribution >= 4 is 12.0 Å². The molecule has 0 aliphatic rings. The van der Waals surface area contributed by atoms with E-state index in [4.69, 9.17) is 5.73 Å². The average molecular weight is 255 g/mol. The first-order valence-corrected chi connectivity index (χ1v) is 5.76. The van der Waals surface area contributed by atoms with Crippen LogP contribution in [-0.2, 0) is 6.54 Å². The molecule has 1 aromatic heterocycles. The third-order valence-corrected chi connectivity index (χ3v) is 2.51. The van der Waals surface area contributed by atoms with Crippen molar-refractivity contribution in [1.82, 2.24) is 9.78 Å². The van der Waals surface area contributed by atoms with E-state index in [1.54, 1.807) is 6.08 Å². The lowest BCUT2D eigenvalue weighted by atomic mass is 10.2. The average Bonchev–Trinajstić information content (AvgIpc) is 2.42. The predicted molar refractivity (Wildman–Crippen MR) is 72.5 cm³/mol. The molecule has 5 nitrogen and oxygen atoms in total. The standard InChI is InChI=1S/C14H13N3O2/c15-14(19)12-8-9-13(18)17(16-12)10-4-7-11-5-2-1-3-6-11/h1-9H,10H2,(H2,15,19)/b7-4+. The summed E-state index contributed by atoms with van der Waals surface area (Å²) in [5.41, 5.74) is 5.95. The Kier molecular flexibility index (Phi) is 3.87. The van der Waals surface area contributed by atoms with Gasteiger partial charge in [0, 0.05) is 6.07 Å². The van der Waals surface area contributed by atoms with E-state index >= 15 is 0 Å². The molecule has 0 aliphatic heterocycles. The summed E-state index contributed by atoms with van der Waals surface area (Å²) in [6.07, 6.45) is 3.68. The lowest BCUT2D eigenvalue weighted by Crippen LogP contribution is -2.25. The number of carbonyl (C=O) groups excluding carboxylic acids is 1. The van der Waals surface area contributed by atoms with Gasteiger partial charge < -0.3 is 5.73 Å². The lowest BCUT2D eigenvalue weighted by molar-refractivity contribution is 0.0993. The highest BCUT2D eigenvalue weighted by Gasteiger charge is 2.03. The number of allylic oxidation sites excluding steroid dienone is 1. The summed E-state index contributed by atoms with van der Waals surface area (Å²) in [6.45, 7) is 0.287. The van der Waals surface area contributed by atoms with Crippen molar-refractivity contribution in [3.8, 4) is 0 Å². The summed E-state index contributed by atoms with van der Waals surface area (Å²) in [5.74, 6) is -0.652. The number of nitrogens with two attached hydrogens (primary N) is 1. The highest BCUT2D eigenvalue weighted by molar-refractivity contribution is 5.90. The van der Waals surface area contributed by atoms with E-state index < -0.39 is 5.91 Å². The molecule has 0 aliphatic carbocycles. The normalized spacial score (nSPS) is 10.7. The molecule has 1 aromatic carbocycles. The molecule has 0 bridgehead atoms. The molecule has 19 heavy (non-hydrogen) atoms. The number of aromatic nitrogens is 2. The number of carbonyl (C=O) groups is 1. The van der Waals surface area contributed by atoms with Gasteiger partial charge in [-0.2, -0.15) is 5.10 Å². The fourth-order valence-electron chi connectivity index (χ4n) is 1.56. The Morgan fingerprint density at radius 1 is 1.21 bits per heavy atom. The number of primary amides is 1. The smallest absolute Gasteiger partial charge is 0.269 e. The minimum absolute atomic E-state index is 0.0766. The van der Waals surface area contributed by atoms with Crippen LogP contribution < -0.4 is 11.3 Å². The van der Waals surface area contributed by atoms with Crippen molar-refractivity contribution in [2.75, 3.05) is 0 Å². The van der Waals surface area contributed by atoms with Gasteiger partial charge in [-0.15, -0.1) is 0 Å². The summed E-state index contributed by atoms with van der Waals surface area (Å²) < 4.78 is 1.19. The maximum Gasteiger partial charge on any atom is 0.269 e. The van der Waals surface area contributed by atoms with Gasteiger partial charge in [-0.25, -0.2) is 4.68 Å². The van der Waals surface area contributed by atoms with E-state index in [1.165, 1.54) is 16.8 Å². The first kappa shape index (κ1) is 12.8. The molecule has 0 unspecified atom stereocenters. The van der Waals surface area contributed by atoms with Gasteiger partial charge in [0.1, 0.15) is 5.69 Å². The minimum Gasteiger partial charge on any atom is -0.364 e. The van der Waals surface area contributed by atoms with Crippen LogP contribution >= 0.6 is 0 Å². The van der Waals surface area contributed by atoms with E-state index in [1.807, 2.05) is 36.4 Å². The van der Waals surface area contributed by atoms with Crippen LogP contribution in [0.15, 0.2) is 53.3 Å². The van der Waals surface area contributed by atoms with Gasteiger partial charge in [-0.3, -0.25) is 9.59 Å². The fourth-order valence-corrected chi connectivity index (χ4v) is 1.56. The second-order valence-electron chi connectivity index (χ2n) is 3.92. The molecule has 0 radical (unpaired) electrons. The maximum atomic E-state index is 11.6. The van der Waals surface area contributed by atoms with E-state index in [-0.39, 0.29) is 17.8 Å².